The van der Waals surface area contributed by atoms with Gasteiger partial charge < -0.3 is 11.1 Å². The number of nitrogens with two attached hydrogens (primary N) is 1. The van der Waals surface area contributed by atoms with E-state index >= 15 is 0 Å². The summed E-state index contributed by atoms with van der Waals surface area (Å²) in [7, 11) is 0. The Kier molecular flexibility index (Phi) is 5.98. The lowest BCUT2D eigenvalue weighted by Crippen LogP contribution is -2.40. The molecule has 7 heteroatoms. The van der Waals surface area contributed by atoms with Crippen molar-refractivity contribution in [3.05, 3.63) is 10.6 Å². The number of halogens is 1. The molecule has 1 aliphatic rings. The van der Waals surface area contributed by atoms with Gasteiger partial charge in [0.15, 0.2) is 0 Å². The second-order valence-electron chi connectivity index (χ2n) is 4.49. The van der Waals surface area contributed by atoms with E-state index in [1.807, 2.05) is 6.92 Å². The molecule has 0 aromatic carbocycles. The third-order valence-electron chi connectivity index (χ3n) is 3.20. The molecule has 18 heavy (non-hydrogen) atoms. The fourth-order valence-electron chi connectivity index (χ4n) is 2.13. The Morgan fingerprint density at radius 1 is 1.44 bits per heavy atom. The van der Waals surface area contributed by atoms with Crippen molar-refractivity contribution in [2.75, 3.05) is 0 Å². The predicted octanol–water partition coefficient (Wildman–Crippen LogP) is 1.52. The number of hydrogen-bond acceptors (Lipinski definition) is 5. The quantitative estimate of drug-likeness (QED) is 0.884. The van der Waals surface area contributed by atoms with Gasteiger partial charge in [-0.15, -0.1) is 17.5 Å². The lowest BCUT2D eigenvalue weighted by Gasteiger charge is -2.26. The van der Waals surface area contributed by atoms with Crippen LogP contribution in [-0.2, 0) is 6.42 Å². The normalized spacial score (nSPS) is 23.2. The average molecular weight is 291 g/mol. The number of amides is 1. The van der Waals surface area contributed by atoms with Crippen molar-refractivity contribution in [3.63, 3.8) is 0 Å². The molecule has 0 saturated heterocycles. The topological polar surface area (TPSA) is 80.9 Å². The summed E-state index contributed by atoms with van der Waals surface area (Å²) in [5, 5.41) is 7.00. The average Bonchev–Trinajstić information content (AvgIpc) is 2.80. The van der Waals surface area contributed by atoms with E-state index in [9.17, 15) is 4.79 Å². The van der Waals surface area contributed by atoms with Crippen molar-refractivity contribution < 1.29 is 4.79 Å². The van der Waals surface area contributed by atoms with Gasteiger partial charge in [-0.05, 0) is 43.6 Å². The Bertz CT molecular complexity index is 390. The Hall–Kier alpha value is -0.720. The Morgan fingerprint density at radius 2 is 2.11 bits per heavy atom. The van der Waals surface area contributed by atoms with Gasteiger partial charge in [0.2, 0.25) is 0 Å². The van der Waals surface area contributed by atoms with E-state index in [1.165, 1.54) is 11.5 Å². The van der Waals surface area contributed by atoms with E-state index in [0.717, 1.165) is 37.8 Å². The van der Waals surface area contributed by atoms with Crippen molar-refractivity contribution in [1.82, 2.24) is 14.9 Å². The molecule has 0 bridgehead atoms. The highest BCUT2D eigenvalue weighted by Gasteiger charge is 2.22. The van der Waals surface area contributed by atoms with Crippen LogP contribution in [0.5, 0.6) is 0 Å². The number of nitrogens with zero attached hydrogens (tertiary/aromatic N) is 2. The molecule has 0 atom stereocenters. The minimum atomic E-state index is -0.0303. The van der Waals surface area contributed by atoms with Crippen molar-refractivity contribution >= 4 is 29.8 Å². The molecule has 1 amide bonds. The molecular weight excluding hydrogens is 272 g/mol. The van der Waals surface area contributed by atoms with Crippen molar-refractivity contribution in [3.8, 4) is 0 Å². The molecule has 0 unspecified atom stereocenters. The largest absolute Gasteiger partial charge is 0.349 e. The van der Waals surface area contributed by atoms with Crippen LogP contribution in [0.3, 0.4) is 0 Å². The molecular formula is C11H19ClN4OS. The highest BCUT2D eigenvalue weighted by molar-refractivity contribution is 7.08. The summed E-state index contributed by atoms with van der Waals surface area (Å²) < 4.78 is 3.83. The van der Waals surface area contributed by atoms with E-state index in [0.29, 0.717) is 10.9 Å². The molecule has 0 aliphatic heterocycles. The number of rotatable bonds is 3. The molecule has 102 valence electrons. The molecule has 5 nitrogen and oxygen atoms in total. The molecule has 3 N–H and O–H groups in total. The van der Waals surface area contributed by atoms with E-state index in [4.69, 9.17) is 5.73 Å². The number of hydrogen-bond donors (Lipinski definition) is 2. The maximum Gasteiger partial charge on any atom is 0.265 e. The molecule has 1 aromatic rings. The van der Waals surface area contributed by atoms with Gasteiger partial charge in [0.05, 0.1) is 5.69 Å². The number of aryl methyl sites for hydroxylation is 1. The zero-order valence-electron chi connectivity index (χ0n) is 10.4. The number of carbonyl (C=O) groups excluding carboxylic acids is 1. The predicted molar refractivity (Wildman–Crippen MR) is 74.2 cm³/mol. The van der Waals surface area contributed by atoms with E-state index in [2.05, 4.69) is 14.9 Å². The summed E-state index contributed by atoms with van der Waals surface area (Å²) in [5.41, 5.74) is 6.63. The summed E-state index contributed by atoms with van der Waals surface area (Å²) in [6.07, 6.45) is 4.68. The third-order valence-corrected chi connectivity index (χ3v) is 3.97. The number of aromatic nitrogens is 2. The van der Waals surface area contributed by atoms with Crippen LogP contribution < -0.4 is 11.1 Å². The van der Waals surface area contributed by atoms with E-state index < -0.39 is 0 Å². The van der Waals surface area contributed by atoms with Gasteiger partial charge in [0.1, 0.15) is 4.88 Å². The molecule has 1 fully saturated rings. The Balaban J connectivity index is 0.00000162. The van der Waals surface area contributed by atoms with E-state index in [-0.39, 0.29) is 24.4 Å². The van der Waals surface area contributed by atoms with Crippen molar-refractivity contribution in [1.29, 1.82) is 0 Å². The van der Waals surface area contributed by atoms with Crippen LogP contribution in [0.4, 0.5) is 0 Å². The summed E-state index contributed by atoms with van der Waals surface area (Å²) in [6, 6.07) is 0.563. The molecule has 1 aromatic heterocycles. The van der Waals surface area contributed by atoms with Crippen molar-refractivity contribution in [2.45, 2.75) is 51.1 Å². The van der Waals surface area contributed by atoms with Crippen LogP contribution in [0.2, 0.25) is 0 Å². The number of nitrogens with one attached hydrogen (secondary N) is 1. The molecule has 0 radical (unpaired) electrons. The highest BCUT2D eigenvalue weighted by Crippen LogP contribution is 2.18. The van der Waals surface area contributed by atoms with Gasteiger partial charge in [0.25, 0.3) is 5.91 Å². The monoisotopic (exact) mass is 290 g/mol. The minimum Gasteiger partial charge on any atom is -0.349 e. The fourth-order valence-corrected chi connectivity index (χ4v) is 2.78. The molecule has 1 heterocycles. The smallest absolute Gasteiger partial charge is 0.265 e. The Morgan fingerprint density at radius 3 is 2.72 bits per heavy atom. The molecule has 1 aliphatic carbocycles. The van der Waals surface area contributed by atoms with Gasteiger partial charge in [0, 0.05) is 12.1 Å². The van der Waals surface area contributed by atoms with Gasteiger partial charge in [-0.25, -0.2) is 0 Å². The second-order valence-corrected chi connectivity index (χ2v) is 5.24. The lowest BCUT2D eigenvalue weighted by molar-refractivity contribution is 0.0929. The van der Waals surface area contributed by atoms with Crippen LogP contribution in [0, 0.1) is 0 Å². The van der Waals surface area contributed by atoms with Crippen LogP contribution >= 0.6 is 23.9 Å². The first-order valence-electron chi connectivity index (χ1n) is 6.08. The summed E-state index contributed by atoms with van der Waals surface area (Å²) in [6.45, 7) is 1.98. The number of carbonyl (C=O) groups is 1. The standard InChI is InChI=1S/C11H18N4OS.ClH/c1-2-9-10(17-15-14-9)11(16)13-8-5-3-7(12)4-6-8;/h7-8H,2-6,12H2,1H3,(H,13,16);1H. The molecule has 1 saturated carbocycles. The highest BCUT2D eigenvalue weighted by atomic mass is 35.5. The maximum absolute atomic E-state index is 12.0. The van der Waals surface area contributed by atoms with Crippen LogP contribution in [0.1, 0.15) is 48.0 Å². The Labute approximate surface area is 117 Å². The van der Waals surface area contributed by atoms with Crippen LogP contribution in [0.25, 0.3) is 0 Å². The van der Waals surface area contributed by atoms with Crippen molar-refractivity contribution in [2.24, 2.45) is 5.73 Å². The first kappa shape index (κ1) is 15.3. The summed E-state index contributed by atoms with van der Waals surface area (Å²) in [4.78, 5) is 12.7. The van der Waals surface area contributed by atoms with Crippen LogP contribution in [0.15, 0.2) is 0 Å². The van der Waals surface area contributed by atoms with Gasteiger partial charge in [-0.2, -0.15) is 0 Å². The summed E-state index contributed by atoms with van der Waals surface area (Å²) in [5.74, 6) is -0.0303. The maximum atomic E-state index is 12.0. The summed E-state index contributed by atoms with van der Waals surface area (Å²) >= 11 is 1.17. The third kappa shape index (κ3) is 3.63. The minimum absolute atomic E-state index is 0. The fraction of sp³-hybridized carbons (Fsp3) is 0.727. The first-order valence-corrected chi connectivity index (χ1v) is 6.85. The zero-order chi connectivity index (χ0) is 12.3. The van der Waals surface area contributed by atoms with Gasteiger partial charge >= 0.3 is 0 Å². The molecule has 2 rings (SSSR count). The van der Waals surface area contributed by atoms with Gasteiger partial charge in [-0.1, -0.05) is 11.4 Å². The zero-order valence-corrected chi connectivity index (χ0v) is 12.0. The van der Waals surface area contributed by atoms with Gasteiger partial charge in [-0.3, -0.25) is 4.79 Å². The molecule has 0 spiro atoms. The lowest BCUT2D eigenvalue weighted by atomic mass is 9.92. The van der Waals surface area contributed by atoms with E-state index in [1.54, 1.807) is 0 Å². The van der Waals surface area contributed by atoms with Crippen LogP contribution in [-0.4, -0.2) is 27.6 Å². The SMILES string of the molecule is CCc1nnsc1C(=O)NC1CCC(N)CC1.Cl. The first-order chi connectivity index (χ1) is 8.20. The second kappa shape index (κ2) is 7.01.